The maximum atomic E-state index is 13.1. The third-order valence-corrected chi connectivity index (χ3v) is 7.29. The Balaban J connectivity index is 1.31. The molecule has 0 spiro atoms. The van der Waals surface area contributed by atoms with E-state index in [9.17, 15) is 10.1 Å². The summed E-state index contributed by atoms with van der Waals surface area (Å²) in [4.78, 5) is 28.7. The van der Waals surface area contributed by atoms with E-state index in [1.54, 1.807) is 11.1 Å². The summed E-state index contributed by atoms with van der Waals surface area (Å²) in [5.74, 6) is 1.52. The Kier molecular flexibility index (Phi) is 5.67. The van der Waals surface area contributed by atoms with Gasteiger partial charge in [0, 0.05) is 44.1 Å². The molecule has 2 aromatic rings. The van der Waals surface area contributed by atoms with Gasteiger partial charge in [0.1, 0.15) is 17.1 Å². The van der Waals surface area contributed by atoms with Gasteiger partial charge < -0.3 is 20.0 Å². The summed E-state index contributed by atoms with van der Waals surface area (Å²) in [5, 5.41) is 13.0. The van der Waals surface area contributed by atoms with Gasteiger partial charge in [0.25, 0.3) is 0 Å². The summed E-state index contributed by atoms with van der Waals surface area (Å²) in [6, 6.07) is 8.10. The first-order chi connectivity index (χ1) is 16.0. The second-order valence-corrected chi connectivity index (χ2v) is 9.59. The highest BCUT2D eigenvalue weighted by molar-refractivity contribution is 6.02. The molecule has 33 heavy (non-hydrogen) atoms. The molecule has 1 saturated carbocycles. The highest BCUT2D eigenvalue weighted by Gasteiger charge is 2.56. The molecule has 5 rings (SSSR count). The van der Waals surface area contributed by atoms with Crippen LogP contribution >= 0.6 is 0 Å². The molecule has 2 aliphatic heterocycles. The molecule has 1 aliphatic carbocycles. The number of anilines is 4. The van der Waals surface area contributed by atoms with Crippen LogP contribution in [0.4, 0.5) is 23.0 Å². The Bertz CT molecular complexity index is 1090. The SMILES string of the molecule is Cc1cc(Nc2cc(N3CC[C@@](C#N)(C4CC4)C3=O)ccn2)ncc1N1CCCN(C)CC1. The molecule has 0 unspecified atom stereocenters. The maximum absolute atomic E-state index is 13.1. The summed E-state index contributed by atoms with van der Waals surface area (Å²) in [6.45, 7) is 6.91. The zero-order valence-corrected chi connectivity index (χ0v) is 19.4. The molecule has 8 nitrogen and oxygen atoms in total. The van der Waals surface area contributed by atoms with Crippen molar-refractivity contribution in [3.05, 3.63) is 36.2 Å². The molecule has 2 saturated heterocycles. The number of nitrogens with one attached hydrogen (secondary N) is 1. The predicted octanol–water partition coefficient (Wildman–Crippen LogP) is 3.33. The largest absolute Gasteiger partial charge is 0.369 e. The Morgan fingerprint density at radius 2 is 1.94 bits per heavy atom. The lowest BCUT2D eigenvalue weighted by molar-refractivity contribution is -0.123. The molecule has 3 aliphatic rings. The van der Waals surface area contributed by atoms with Crippen LogP contribution in [0.3, 0.4) is 0 Å². The zero-order chi connectivity index (χ0) is 23.0. The number of aromatic nitrogens is 2. The zero-order valence-electron chi connectivity index (χ0n) is 19.4. The molecule has 0 aromatic carbocycles. The molecular weight excluding hydrogens is 414 g/mol. The Hall–Kier alpha value is -3.18. The maximum Gasteiger partial charge on any atom is 0.247 e. The molecule has 0 bridgehead atoms. The van der Waals surface area contributed by atoms with Gasteiger partial charge in [0.2, 0.25) is 5.91 Å². The van der Waals surface area contributed by atoms with Crippen molar-refractivity contribution < 1.29 is 4.79 Å². The summed E-state index contributed by atoms with van der Waals surface area (Å²) in [5.41, 5.74) is 2.28. The lowest BCUT2D eigenvalue weighted by atomic mass is 9.83. The number of rotatable bonds is 5. The van der Waals surface area contributed by atoms with Crippen LogP contribution in [0.2, 0.25) is 0 Å². The summed E-state index contributed by atoms with van der Waals surface area (Å²) >= 11 is 0. The smallest absolute Gasteiger partial charge is 0.247 e. The van der Waals surface area contributed by atoms with Crippen LogP contribution < -0.4 is 15.1 Å². The van der Waals surface area contributed by atoms with Crippen LogP contribution in [0.5, 0.6) is 0 Å². The average molecular weight is 446 g/mol. The van der Waals surface area contributed by atoms with E-state index in [1.807, 2.05) is 24.4 Å². The minimum atomic E-state index is -0.840. The van der Waals surface area contributed by atoms with Gasteiger partial charge in [-0.15, -0.1) is 0 Å². The number of hydrogen-bond acceptors (Lipinski definition) is 7. The van der Waals surface area contributed by atoms with Gasteiger partial charge in [0.05, 0.1) is 18.0 Å². The van der Waals surface area contributed by atoms with E-state index in [1.165, 1.54) is 11.3 Å². The quantitative estimate of drug-likeness (QED) is 0.755. The van der Waals surface area contributed by atoms with E-state index in [0.29, 0.717) is 18.8 Å². The molecule has 1 amide bonds. The Labute approximate surface area is 195 Å². The molecule has 172 valence electrons. The van der Waals surface area contributed by atoms with Gasteiger partial charge in [-0.3, -0.25) is 4.79 Å². The van der Waals surface area contributed by atoms with Gasteiger partial charge in [0.15, 0.2) is 0 Å². The first-order valence-electron chi connectivity index (χ1n) is 11.9. The number of amides is 1. The number of nitrogens with zero attached hydrogens (tertiary/aromatic N) is 6. The molecule has 2 aromatic heterocycles. The van der Waals surface area contributed by atoms with E-state index >= 15 is 0 Å². The van der Waals surface area contributed by atoms with Crippen LogP contribution in [0.25, 0.3) is 0 Å². The molecule has 1 atom stereocenters. The normalized spacial score (nSPS) is 24.0. The standard InChI is InChI=1S/C25H31N7O/c1-18-14-22(28-16-21(18)31-10-3-9-30(2)12-13-31)29-23-15-20(6-8-27-23)32-11-7-25(17-26,24(32)33)19-4-5-19/h6,8,14-16,19H,3-5,7,9-13H2,1-2H3,(H,27,28,29)/t25-/m1/s1. The highest BCUT2D eigenvalue weighted by Crippen LogP contribution is 2.51. The van der Waals surface area contributed by atoms with Crippen LogP contribution in [0.1, 0.15) is 31.2 Å². The first-order valence-corrected chi connectivity index (χ1v) is 11.9. The molecular formula is C25H31N7O. The highest BCUT2D eigenvalue weighted by atomic mass is 16.2. The Morgan fingerprint density at radius 3 is 2.70 bits per heavy atom. The molecule has 3 fully saturated rings. The van der Waals surface area contributed by atoms with Crippen LogP contribution in [0.15, 0.2) is 30.6 Å². The average Bonchev–Trinajstić information content (AvgIpc) is 3.63. The number of likely N-dealkylation sites (N-methyl/N-ethyl adjacent to an activating group) is 1. The fourth-order valence-electron chi connectivity index (χ4n) is 5.16. The van der Waals surface area contributed by atoms with Crippen molar-refractivity contribution in [3.63, 3.8) is 0 Å². The molecule has 1 N–H and O–H groups in total. The van der Waals surface area contributed by atoms with Crippen molar-refractivity contribution in [1.82, 2.24) is 14.9 Å². The van der Waals surface area contributed by atoms with Crippen molar-refractivity contribution in [1.29, 1.82) is 5.26 Å². The minimum absolute atomic E-state index is 0.0638. The van der Waals surface area contributed by atoms with E-state index in [2.05, 4.69) is 45.1 Å². The van der Waals surface area contributed by atoms with Crippen LogP contribution in [-0.2, 0) is 4.79 Å². The monoisotopic (exact) mass is 445 g/mol. The number of aryl methyl sites for hydroxylation is 1. The first kappa shape index (κ1) is 21.7. The van der Waals surface area contributed by atoms with Gasteiger partial charge in [-0.05, 0) is 69.8 Å². The van der Waals surface area contributed by atoms with E-state index < -0.39 is 5.41 Å². The number of nitriles is 1. The Morgan fingerprint density at radius 1 is 1.12 bits per heavy atom. The third kappa shape index (κ3) is 4.13. The number of carbonyl (C=O) groups excluding carboxylic acids is 1. The molecule has 0 radical (unpaired) electrons. The van der Waals surface area contributed by atoms with E-state index in [-0.39, 0.29) is 11.8 Å². The topological polar surface area (TPSA) is 88.4 Å². The van der Waals surface area contributed by atoms with Crippen molar-refractivity contribution in [3.8, 4) is 6.07 Å². The van der Waals surface area contributed by atoms with Crippen LogP contribution in [-0.4, -0.2) is 60.5 Å². The van der Waals surface area contributed by atoms with Gasteiger partial charge in [-0.2, -0.15) is 5.26 Å². The second-order valence-electron chi connectivity index (χ2n) is 9.59. The minimum Gasteiger partial charge on any atom is -0.369 e. The lowest BCUT2D eigenvalue weighted by Crippen LogP contribution is -2.35. The number of carbonyl (C=O) groups is 1. The fraction of sp³-hybridized carbons (Fsp3) is 0.520. The predicted molar refractivity (Wildman–Crippen MR) is 129 cm³/mol. The second kappa shape index (κ2) is 8.64. The van der Waals surface area contributed by atoms with Gasteiger partial charge >= 0.3 is 0 Å². The number of hydrogen-bond donors (Lipinski definition) is 1. The number of pyridine rings is 2. The lowest BCUT2D eigenvalue weighted by Gasteiger charge is -2.24. The molecule has 8 heteroatoms. The third-order valence-electron chi connectivity index (χ3n) is 7.29. The van der Waals surface area contributed by atoms with Crippen molar-refractivity contribution in [2.75, 3.05) is 54.9 Å². The van der Waals surface area contributed by atoms with Crippen molar-refractivity contribution in [2.24, 2.45) is 11.3 Å². The van der Waals surface area contributed by atoms with E-state index in [4.69, 9.17) is 0 Å². The summed E-state index contributed by atoms with van der Waals surface area (Å²) < 4.78 is 0. The van der Waals surface area contributed by atoms with Gasteiger partial charge in [-0.25, -0.2) is 9.97 Å². The summed E-state index contributed by atoms with van der Waals surface area (Å²) in [6.07, 6.45) is 7.34. The molecule has 4 heterocycles. The van der Waals surface area contributed by atoms with Crippen LogP contribution in [0, 0.1) is 29.6 Å². The van der Waals surface area contributed by atoms with Crippen molar-refractivity contribution in [2.45, 2.75) is 32.6 Å². The van der Waals surface area contributed by atoms with Gasteiger partial charge in [-0.1, -0.05) is 0 Å². The summed E-state index contributed by atoms with van der Waals surface area (Å²) in [7, 11) is 2.17. The fourth-order valence-corrected chi connectivity index (χ4v) is 5.16. The van der Waals surface area contributed by atoms with Crippen molar-refractivity contribution >= 4 is 28.9 Å². The van der Waals surface area contributed by atoms with E-state index in [0.717, 1.165) is 56.9 Å².